The molecule has 2 heteroatoms. The maximum atomic E-state index is 5.14. The predicted molar refractivity (Wildman–Crippen MR) is 230 cm³/mol. The van der Waals surface area contributed by atoms with E-state index in [9.17, 15) is 0 Å². The van der Waals surface area contributed by atoms with E-state index in [0.717, 1.165) is 28.1 Å². The molecule has 1 atom stereocenters. The molecule has 56 heavy (non-hydrogen) atoms. The first-order valence-electron chi connectivity index (χ1n) is 19.5. The van der Waals surface area contributed by atoms with Crippen molar-refractivity contribution in [1.82, 2.24) is 9.55 Å². The van der Waals surface area contributed by atoms with Crippen molar-refractivity contribution in [2.45, 2.75) is 5.41 Å². The molecular formula is C54H32N2. The van der Waals surface area contributed by atoms with Gasteiger partial charge < -0.3 is 0 Å². The number of hydrogen-bond acceptors (Lipinski definition) is 1. The number of rotatable bonds is 3. The summed E-state index contributed by atoms with van der Waals surface area (Å²) in [5.41, 5.74) is 22.4. The van der Waals surface area contributed by atoms with Crippen LogP contribution in [0.4, 0.5) is 0 Å². The van der Waals surface area contributed by atoms with E-state index in [1.54, 1.807) is 0 Å². The Morgan fingerprint density at radius 3 is 1.80 bits per heavy atom. The van der Waals surface area contributed by atoms with Crippen molar-refractivity contribution in [3.05, 3.63) is 216 Å². The van der Waals surface area contributed by atoms with Gasteiger partial charge in [-0.3, -0.25) is 4.57 Å². The molecular weight excluding hydrogens is 677 g/mol. The summed E-state index contributed by atoms with van der Waals surface area (Å²) < 4.78 is 2.27. The Morgan fingerprint density at radius 2 is 0.982 bits per heavy atom. The van der Waals surface area contributed by atoms with Crippen molar-refractivity contribution in [3.63, 3.8) is 0 Å². The molecule has 0 aliphatic heterocycles. The minimum absolute atomic E-state index is 0.452. The monoisotopic (exact) mass is 708 g/mol. The lowest BCUT2D eigenvalue weighted by Crippen LogP contribution is -2.26. The Balaban J connectivity index is 1.03. The third-order valence-electron chi connectivity index (χ3n) is 12.8. The summed E-state index contributed by atoms with van der Waals surface area (Å²) in [6.45, 7) is 0. The fourth-order valence-electron chi connectivity index (χ4n) is 10.5. The first kappa shape index (κ1) is 30.1. The standard InChI is InChI=1S/C54H32N2/c1-2-13-36(14-3-1)56-50-24-11-10-23-49(50)55-53(56)34-27-25-33(26-28-34)35-29-30-40-39-17-6-8-21-45(39)54(47(40)31-35)46-22-9-7-18-42(46)52-43-20-12-19-41-37-15-4-5-16-38(37)44(51(41)43)32-48(52)54/h1-32H. The van der Waals surface area contributed by atoms with Crippen LogP contribution < -0.4 is 0 Å². The van der Waals surface area contributed by atoms with Crippen LogP contribution >= 0.6 is 0 Å². The smallest absolute Gasteiger partial charge is 0.145 e. The van der Waals surface area contributed by atoms with Gasteiger partial charge in [-0.1, -0.05) is 158 Å². The van der Waals surface area contributed by atoms with Gasteiger partial charge in [0.2, 0.25) is 0 Å². The third kappa shape index (κ3) is 3.73. The largest absolute Gasteiger partial charge is 0.292 e. The van der Waals surface area contributed by atoms with Crippen molar-refractivity contribution in [2.75, 3.05) is 0 Å². The van der Waals surface area contributed by atoms with Crippen LogP contribution in [0.15, 0.2) is 194 Å². The van der Waals surface area contributed by atoms with Gasteiger partial charge in [-0.15, -0.1) is 0 Å². The van der Waals surface area contributed by atoms with Crippen molar-refractivity contribution >= 4 is 21.8 Å². The summed E-state index contributed by atoms with van der Waals surface area (Å²) in [5, 5.41) is 2.72. The van der Waals surface area contributed by atoms with E-state index in [0.29, 0.717) is 0 Å². The van der Waals surface area contributed by atoms with Crippen LogP contribution in [0.25, 0.3) is 94.5 Å². The Hall–Kier alpha value is -7.29. The van der Waals surface area contributed by atoms with Gasteiger partial charge in [-0.05, 0) is 125 Å². The highest BCUT2D eigenvalue weighted by atomic mass is 15.1. The minimum Gasteiger partial charge on any atom is -0.292 e. The molecule has 1 unspecified atom stereocenters. The summed E-state index contributed by atoms with van der Waals surface area (Å²) in [4.78, 5) is 5.14. The highest BCUT2D eigenvalue weighted by Crippen LogP contribution is 2.66. The Labute approximate surface area is 324 Å². The summed E-state index contributed by atoms with van der Waals surface area (Å²) >= 11 is 0. The molecule has 1 heterocycles. The molecule has 3 aliphatic carbocycles. The number of imidazole rings is 1. The quantitative estimate of drug-likeness (QED) is 0.179. The molecule has 0 fully saturated rings. The van der Waals surface area contributed by atoms with Gasteiger partial charge in [0.05, 0.1) is 16.4 Å². The average molecular weight is 709 g/mol. The summed E-state index contributed by atoms with van der Waals surface area (Å²) in [7, 11) is 0. The molecule has 9 aromatic carbocycles. The van der Waals surface area contributed by atoms with Crippen LogP contribution in [-0.2, 0) is 5.41 Å². The zero-order valence-electron chi connectivity index (χ0n) is 30.4. The molecule has 3 aliphatic rings. The second-order valence-corrected chi connectivity index (χ2v) is 15.4. The van der Waals surface area contributed by atoms with Gasteiger partial charge in [0.15, 0.2) is 0 Å². The normalized spacial score (nSPS) is 15.2. The lowest BCUT2D eigenvalue weighted by atomic mass is 9.69. The van der Waals surface area contributed by atoms with E-state index in [1.165, 1.54) is 88.7 Å². The zero-order chi connectivity index (χ0) is 36.5. The van der Waals surface area contributed by atoms with Gasteiger partial charge in [0.25, 0.3) is 0 Å². The Morgan fingerprint density at radius 1 is 0.375 bits per heavy atom. The van der Waals surface area contributed by atoms with Gasteiger partial charge in [0.1, 0.15) is 5.82 Å². The van der Waals surface area contributed by atoms with Crippen LogP contribution in [0, 0.1) is 0 Å². The molecule has 1 spiro atoms. The lowest BCUT2D eigenvalue weighted by molar-refractivity contribution is 0.795. The molecule has 0 radical (unpaired) electrons. The fraction of sp³-hybridized carbons (Fsp3) is 0.0185. The van der Waals surface area contributed by atoms with Gasteiger partial charge >= 0.3 is 0 Å². The maximum Gasteiger partial charge on any atom is 0.145 e. The number of para-hydroxylation sites is 3. The number of nitrogens with zero attached hydrogens (tertiary/aromatic N) is 2. The summed E-state index contributed by atoms with van der Waals surface area (Å²) in [5.74, 6) is 0.941. The molecule has 10 aromatic rings. The Kier molecular flexibility index (Phi) is 5.86. The maximum absolute atomic E-state index is 5.14. The van der Waals surface area contributed by atoms with E-state index in [1.807, 2.05) is 0 Å². The van der Waals surface area contributed by atoms with Crippen LogP contribution in [0.3, 0.4) is 0 Å². The Bertz CT molecular complexity index is 3300. The van der Waals surface area contributed by atoms with Crippen LogP contribution in [-0.4, -0.2) is 9.55 Å². The fourth-order valence-corrected chi connectivity index (χ4v) is 10.5. The number of aromatic nitrogens is 2. The predicted octanol–water partition coefficient (Wildman–Crippen LogP) is 13.5. The molecule has 0 saturated carbocycles. The van der Waals surface area contributed by atoms with Gasteiger partial charge in [-0.2, -0.15) is 0 Å². The second kappa shape index (κ2) is 10.9. The van der Waals surface area contributed by atoms with Crippen LogP contribution in [0.1, 0.15) is 22.3 Å². The SMILES string of the molecule is c1ccc(-n2c(-c3ccc(-c4ccc5c(c4)C4(c6ccccc6-5)c5ccccc5-c5c4cc4c6c(cccc56)-c5ccccc5-4)cc3)nc3ccccc32)cc1. The highest BCUT2D eigenvalue weighted by molar-refractivity contribution is 6.21. The third-order valence-corrected chi connectivity index (χ3v) is 12.8. The number of hydrogen-bond donors (Lipinski definition) is 0. The van der Waals surface area contributed by atoms with E-state index >= 15 is 0 Å². The van der Waals surface area contributed by atoms with Crippen LogP contribution in [0.2, 0.25) is 0 Å². The van der Waals surface area contributed by atoms with E-state index in [-0.39, 0.29) is 0 Å². The van der Waals surface area contributed by atoms with E-state index in [4.69, 9.17) is 4.98 Å². The number of fused-ring (bicyclic) bond motifs is 15. The molecule has 0 amide bonds. The van der Waals surface area contributed by atoms with Crippen molar-refractivity contribution < 1.29 is 0 Å². The van der Waals surface area contributed by atoms with E-state index in [2.05, 4.69) is 199 Å². The summed E-state index contributed by atoms with van der Waals surface area (Å²) in [6.07, 6.45) is 0. The van der Waals surface area contributed by atoms with E-state index < -0.39 is 5.41 Å². The molecule has 0 saturated heterocycles. The van der Waals surface area contributed by atoms with Gasteiger partial charge in [-0.25, -0.2) is 4.98 Å². The molecule has 0 N–H and O–H groups in total. The number of benzene rings is 9. The van der Waals surface area contributed by atoms with Crippen molar-refractivity contribution in [1.29, 1.82) is 0 Å². The van der Waals surface area contributed by atoms with Crippen molar-refractivity contribution in [3.8, 4) is 72.7 Å². The zero-order valence-corrected chi connectivity index (χ0v) is 30.4. The molecule has 13 rings (SSSR count). The highest BCUT2D eigenvalue weighted by Gasteiger charge is 2.52. The average Bonchev–Trinajstić information content (AvgIpc) is 3.99. The van der Waals surface area contributed by atoms with Gasteiger partial charge in [0, 0.05) is 11.3 Å². The first-order valence-corrected chi connectivity index (χ1v) is 19.5. The lowest BCUT2D eigenvalue weighted by Gasteiger charge is -2.31. The minimum atomic E-state index is -0.452. The molecule has 258 valence electrons. The van der Waals surface area contributed by atoms with Crippen molar-refractivity contribution in [2.24, 2.45) is 0 Å². The molecule has 1 aromatic heterocycles. The summed E-state index contributed by atoms with van der Waals surface area (Å²) in [6, 6.07) is 71.8. The molecule has 0 bridgehead atoms. The first-order chi connectivity index (χ1) is 27.8. The second-order valence-electron chi connectivity index (χ2n) is 15.4. The van der Waals surface area contributed by atoms with Crippen LogP contribution in [0.5, 0.6) is 0 Å². The molecule has 2 nitrogen and oxygen atoms in total. The topological polar surface area (TPSA) is 17.8 Å².